The standard InChI is InChI=1S/C7H14N.C4H6O3/c1-2-4-8(5-3-1)6-7-8;1-3(5)2-4(6)7/h1-7H2;2H2,1H3,(H,6,7)/q+1;/p-1. The van der Waals surface area contributed by atoms with Gasteiger partial charge in [-0.05, 0) is 26.2 Å². The fourth-order valence-electron chi connectivity index (χ4n) is 1.97. The molecule has 4 nitrogen and oxygen atoms in total. The Morgan fingerprint density at radius 1 is 1.07 bits per heavy atom. The number of carboxylic acids is 1. The smallest absolute Gasteiger partial charge is 0.135 e. The maximum atomic E-state index is 9.83. The molecule has 0 saturated carbocycles. The van der Waals surface area contributed by atoms with Crippen LogP contribution in [0.25, 0.3) is 0 Å². The number of carbonyl (C=O) groups excluding carboxylic acids is 2. The highest BCUT2D eigenvalue weighted by Crippen LogP contribution is 2.27. The highest BCUT2D eigenvalue weighted by atomic mass is 16.4. The van der Waals surface area contributed by atoms with Gasteiger partial charge in [-0.25, -0.2) is 0 Å². The summed E-state index contributed by atoms with van der Waals surface area (Å²) < 4.78 is 1.50. The molecular weight excluding hydrogens is 194 g/mol. The number of hydrogen-bond donors (Lipinski definition) is 0. The molecule has 15 heavy (non-hydrogen) atoms. The molecule has 0 unspecified atom stereocenters. The Morgan fingerprint density at radius 2 is 1.60 bits per heavy atom. The Bertz CT molecular complexity index is 226. The number of ketones is 1. The first-order valence-electron chi connectivity index (χ1n) is 5.58. The van der Waals surface area contributed by atoms with Gasteiger partial charge in [0.1, 0.15) is 18.9 Å². The van der Waals surface area contributed by atoms with E-state index < -0.39 is 12.4 Å². The van der Waals surface area contributed by atoms with Crippen molar-refractivity contribution in [1.82, 2.24) is 0 Å². The number of carbonyl (C=O) groups is 2. The Kier molecular flexibility index (Phi) is 4.27. The van der Waals surface area contributed by atoms with E-state index in [1.807, 2.05) is 0 Å². The maximum absolute atomic E-state index is 9.83. The predicted molar refractivity (Wildman–Crippen MR) is 53.9 cm³/mol. The lowest BCUT2D eigenvalue weighted by Gasteiger charge is -2.22. The van der Waals surface area contributed by atoms with Crippen molar-refractivity contribution in [2.24, 2.45) is 0 Å². The van der Waals surface area contributed by atoms with Crippen molar-refractivity contribution in [3.63, 3.8) is 0 Å². The van der Waals surface area contributed by atoms with Gasteiger partial charge in [0.05, 0.1) is 13.1 Å². The van der Waals surface area contributed by atoms with E-state index in [-0.39, 0.29) is 5.78 Å². The topological polar surface area (TPSA) is 57.2 Å². The van der Waals surface area contributed by atoms with E-state index in [1.165, 1.54) is 56.8 Å². The van der Waals surface area contributed by atoms with E-state index in [9.17, 15) is 14.7 Å². The van der Waals surface area contributed by atoms with Crippen LogP contribution < -0.4 is 5.11 Å². The summed E-state index contributed by atoms with van der Waals surface area (Å²) in [5.74, 6) is -1.69. The molecule has 2 saturated heterocycles. The Morgan fingerprint density at radius 3 is 1.80 bits per heavy atom. The van der Waals surface area contributed by atoms with Crippen LogP contribution in [0.5, 0.6) is 0 Å². The second-order valence-electron chi connectivity index (χ2n) is 4.55. The molecule has 2 aliphatic heterocycles. The molecule has 86 valence electrons. The Hall–Kier alpha value is -0.900. The minimum atomic E-state index is -1.31. The van der Waals surface area contributed by atoms with E-state index in [4.69, 9.17) is 0 Å². The van der Waals surface area contributed by atoms with Gasteiger partial charge in [-0.2, -0.15) is 0 Å². The molecule has 2 rings (SSSR count). The number of quaternary nitrogens is 1. The number of hydrogen-bond acceptors (Lipinski definition) is 3. The van der Waals surface area contributed by atoms with Crippen LogP contribution >= 0.6 is 0 Å². The van der Waals surface area contributed by atoms with Crippen molar-refractivity contribution in [2.45, 2.75) is 32.6 Å². The largest absolute Gasteiger partial charge is 0.550 e. The zero-order valence-corrected chi connectivity index (χ0v) is 9.33. The van der Waals surface area contributed by atoms with Crippen LogP contribution in [0.3, 0.4) is 0 Å². The summed E-state index contributed by atoms with van der Waals surface area (Å²) in [6.07, 6.45) is 4.03. The first-order valence-corrected chi connectivity index (χ1v) is 5.58. The maximum Gasteiger partial charge on any atom is 0.135 e. The SMILES string of the molecule is C1CC[N+]2(CC1)CC2.CC(=O)CC(=O)[O-]. The van der Waals surface area contributed by atoms with Crippen molar-refractivity contribution in [1.29, 1.82) is 0 Å². The zero-order valence-electron chi connectivity index (χ0n) is 9.33. The van der Waals surface area contributed by atoms with Gasteiger partial charge in [0.25, 0.3) is 0 Å². The second kappa shape index (κ2) is 5.26. The average Bonchev–Trinajstić information content (AvgIpc) is 2.85. The predicted octanol–water partition coefficient (Wildman–Crippen LogP) is -0.284. The van der Waals surface area contributed by atoms with E-state index in [0.717, 1.165) is 0 Å². The Balaban J connectivity index is 0.000000153. The van der Waals surface area contributed by atoms with Crippen LogP contribution in [0.2, 0.25) is 0 Å². The number of aliphatic carboxylic acids is 1. The van der Waals surface area contributed by atoms with Gasteiger partial charge in [-0.3, -0.25) is 4.79 Å². The second-order valence-corrected chi connectivity index (χ2v) is 4.55. The summed E-state index contributed by atoms with van der Waals surface area (Å²) in [7, 11) is 0. The molecule has 0 aromatic carbocycles. The molecule has 0 aromatic heterocycles. The highest BCUT2D eigenvalue weighted by Gasteiger charge is 2.42. The van der Waals surface area contributed by atoms with Gasteiger partial charge in [0, 0.05) is 12.4 Å². The van der Waals surface area contributed by atoms with Gasteiger partial charge >= 0.3 is 0 Å². The molecular formula is C11H19NO3. The Labute approximate surface area is 90.5 Å². The van der Waals surface area contributed by atoms with E-state index >= 15 is 0 Å². The van der Waals surface area contributed by atoms with Gasteiger partial charge in [-0.15, -0.1) is 0 Å². The van der Waals surface area contributed by atoms with Crippen LogP contribution in [0.15, 0.2) is 0 Å². The van der Waals surface area contributed by atoms with Gasteiger partial charge < -0.3 is 14.4 Å². The number of nitrogens with zero attached hydrogens (tertiary/aromatic N) is 1. The third-order valence-corrected chi connectivity index (χ3v) is 3.01. The summed E-state index contributed by atoms with van der Waals surface area (Å²) in [4.78, 5) is 19.3. The molecule has 0 radical (unpaired) electrons. The molecule has 4 heteroatoms. The average molecular weight is 213 g/mol. The lowest BCUT2D eigenvalue weighted by Crippen LogP contribution is -2.31. The van der Waals surface area contributed by atoms with Crippen molar-refractivity contribution >= 4 is 11.8 Å². The van der Waals surface area contributed by atoms with Crippen molar-refractivity contribution in [3.05, 3.63) is 0 Å². The van der Waals surface area contributed by atoms with Crippen LogP contribution in [0.1, 0.15) is 32.6 Å². The van der Waals surface area contributed by atoms with Gasteiger partial charge in [0.15, 0.2) is 0 Å². The molecule has 2 heterocycles. The summed E-state index contributed by atoms with van der Waals surface area (Å²) in [5.41, 5.74) is 0. The molecule has 0 bridgehead atoms. The molecule has 0 N–H and O–H groups in total. The van der Waals surface area contributed by atoms with E-state index in [0.29, 0.717) is 0 Å². The fourth-order valence-corrected chi connectivity index (χ4v) is 1.97. The van der Waals surface area contributed by atoms with Crippen LogP contribution in [-0.4, -0.2) is 42.4 Å². The number of rotatable bonds is 2. The van der Waals surface area contributed by atoms with Crippen molar-refractivity contribution < 1.29 is 19.2 Å². The van der Waals surface area contributed by atoms with Crippen LogP contribution in [0.4, 0.5) is 0 Å². The van der Waals surface area contributed by atoms with E-state index in [2.05, 4.69) is 0 Å². The van der Waals surface area contributed by atoms with Crippen LogP contribution in [-0.2, 0) is 9.59 Å². The van der Waals surface area contributed by atoms with Gasteiger partial charge in [-0.1, -0.05) is 0 Å². The van der Waals surface area contributed by atoms with Crippen LogP contribution in [0, 0.1) is 0 Å². The third kappa shape index (κ3) is 4.93. The lowest BCUT2D eigenvalue weighted by atomic mass is 10.1. The first-order chi connectivity index (χ1) is 7.04. The number of piperidine rings is 1. The fraction of sp³-hybridized carbons (Fsp3) is 0.818. The summed E-state index contributed by atoms with van der Waals surface area (Å²) in [6.45, 7) is 7.20. The summed E-state index contributed by atoms with van der Waals surface area (Å²) in [6, 6.07) is 0. The molecule has 0 aromatic rings. The molecule has 2 aliphatic rings. The van der Waals surface area contributed by atoms with Gasteiger partial charge in [0.2, 0.25) is 0 Å². The monoisotopic (exact) mass is 213 g/mol. The lowest BCUT2D eigenvalue weighted by molar-refractivity contribution is -0.805. The minimum absolute atomic E-state index is 0.375. The molecule has 0 aliphatic carbocycles. The minimum Gasteiger partial charge on any atom is -0.550 e. The first kappa shape index (κ1) is 12.2. The van der Waals surface area contributed by atoms with Crippen molar-refractivity contribution in [3.8, 4) is 0 Å². The summed E-state index contributed by atoms with van der Waals surface area (Å²) in [5, 5.41) is 9.48. The zero-order chi connectivity index (χ0) is 11.3. The molecule has 0 amide bonds. The highest BCUT2D eigenvalue weighted by molar-refractivity contribution is 5.92. The van der Waals surface area contributed by atoms with E-state index in [1.54, 1.807) is 0 Å². The summed E-state index contributed by atoms with van der Waals surface area (Å²) >= 11 is 0. The molecule has 1 spiro atoms. The third-order valence-electron chi connectivity index (χ3n) is 3.01. The molecule has 0 atom stereocenters. The number of Topliss-reactive ketones (excluding diaryl/α,β-unsaturated/α-hetero) is 1. The quantitative estimate of drug-likeness (QED) is 0.360. The molecule has 2 fully saturated rings. The normalized spacial score (nSPS) is 21.4. The number of carboxylic acid groups (broad SMARTS) is 1. The van der Waals surface area contributed by atoms with Crippen molar-refractivity contribution in [2.75, 3.05) is 26.2 Å².